The van der Waals surface area contributed by atoms with Gasteiger partial charge in [0, 0.05) is 11.0 Å². The zero-order chi connectivity index (χ0) is 14.8. The van der Waals surface area contributed by atoms with E-state index in [1.54, 1.807) is 24.3 Å². The molecule has 1 aliphatic heterocycles. The van der Waals surface area contributed by atoms with Crippen molar-refractivity contribution in [3.63, 3.8) is 0 Å². The second kappa shape index (κ2) is 5.59. The van der Waals surface area contributed by atoms with Gasteiger partial charge in [-0.2, -0.15) is 5.26 Å². The quantitative estimate of drug-likeness (QED) is 0.784. The van der Waals surface area contributed by atoms with E-state index < -0.39 is 0 Å². The van der Waals surface area contributed by atoms with E-state index in [2.05, 4.69) is 6.07 Å². The van der Waals surface area contributed by atoms with Crippen molar-refractivity contribution in [3.8, 4) is 6.07 Å². The maximum Gasteiger partial charge on any atom is 0.339 e. The van der Waals surface area contributed by atoms with Gasteiger partial charge in [-0.1, -0.05) is 35.9 Å². The Kier molecular flexibility index (Phi) is 3.64. The van der Waals surface area contributed by atoms with Crippen LogP contribution in [0.15, 0.2) is 53.1 Å². The van der Waals surface area contributed by atoms with Crippen LogP contribution < -0.4 is 0 Å². The van der Waals surface area contributed by atoms with Crippen LogP contribution in [0.1, 0.15) is 17.5 Å². The summed E-state index contributed by atoms with van der Waals surface area (Å²) in [6.07, 6.45) is 6.56. The molecule has 0 saturated carbocycles. The highest BCUT2D eigenvalue weighted by atomic mass is 35.5. The molecular weight excluding hydrogens is 286 g/mol. The summed E-state index contributed by atoms with van der Waals surface area (Å²) in [4.78, 5) is 12.0. The lowest BCUT2D eigenvalue weighted by atomic mass is 9.88. The highest BCUT2D eigenvalue weighted by Gasteiger charge is 2.30. The Hall–Kier alpha value is -2.31. The van der Waals surface area contributed by atoms with Crippen LogP contribution in [0.25, 0.3) is 5.57 Å². The van der Waals surface area contributed by atoms with E-state index in [1.165, 1.54) is 0 Å². The normalized spacial score (nSPS) is 21.0. The standard InChI is InChI=1S/C17H12ClNO2/c18-14-7-5-12(6-8-14)15-10-21-17(20)16(15)13-3-1-11(9-19)2-4-13/h1-5,7-8,12H,6,10H2. The van der Waals surface area contributed by atoms with Gasteiger partial charge in [-0.3, -0.25) is 0 Å². The van der Waals surface area contributed by atoms with E-state index in [1.807, 2.05) is 18.2 Å². The molecule has 0 saturated heterocycles. The average molecular weight is 298 g/mol. The van der Waals surface area contributed by atoms with E-state index >= 15 is 0 Å². The molecule has 3 rings (SSSR count). The molecule has 0 amide bonds. The monoisotopic (exact) mass is 297 g/mol. The second-order valence-electron chi connectivity index (χ2n) is 4.96. The van der Waals surface area contributed by atoms with E-state index in [-0.39, 0.29) is 11.9 Å². The van der Waals surface area contributed by atoms with E-state index in [0.717, 1.165) is 22.6 Å². The molecule has 1 heterocycles. The molecular formula is C17H12ClNO2. The van der Waals surface area contributed by atoms with Crippen LogP contribution in [0.5, 0.6) is 0 Å². The van der Waals surface area contributed by atoms with Gasteiger partial charge in [0.1, 0.15) is 6.61 Å². The Bertz CT molecular complexity index is 720. The fourth-order valence-electron chi connectivity index (χ4n) is 2.58. The van der Waals surface area contributed by atoms with Crippen molar-refractivity contribution in [1.29, 1.82) is 5.26 Å². The number of ether oxygens (including phenoxy) is 1. The fraction of sp³-hybridized carbons (Fsp3) is 0.176. The zero-order valence-electron chi connectivity index (χ0n) is 11.2. The SMILES string of the molecule is N#Cc1ccc(C2=C(C3C=CC(Cl)=CC3)COC2=O)cc1. The third kappa shape index (κ3) is 2.63. The highest BCUT2D eigenvalue weighted by molar-refractivity contribution is 6.31. The average Bonchev–Trinajstić information content (AvgIpc) is 2.90. The van der Waals surface area contributed by atoms with Crippen molar-refractivity contribution < 1.29 is 9.53 Å². The molecule has 4 heteroatoms. The van der Waals surface area contributed by atoms with Gasteiger partial charge in [-0.05, 0) is 35.8 Å². The number of allylic oxidation sites excluding steroid dienone is 4. The Labute approximate surface area is 127 Å². The predicted molar refractivity (Wildman–Crippen MR) is 80.2 cm³/mol. The van der Waals surface area contributed by atoms with Crippen molar-refractivity contribution in [3.05, 3.63) is 64.2 Å². The topological polar surface area (TPSA) is 50.1 Å². The van der Waals surface area contributed by atoms with Crippen molar-refractivity contribution in [2.24, 2.45) is 5.92 Å². The molecule has 1 atom stereocenters. The van der Waals surface area contributed by atoms with Gasteiger partial charge in [0.05, 0.1) is 17.2 Å². The van der Waals surface area contributed by atoms with Crippen molar-refractivity contribution in [1.82, 2.24) is 0 Å². The largest absolute Gasteiger partial charge is 0.457 e. The van der Waals surface area contributed by atoms with E-state index in [0.29, 0.717) is 17.7 Å². The van der Waals surface area contributed by atoms with Gasteiger partial charge in [-0.15, -0.1) is 0 Å². The summed E-state index contributed by atoms with van der Waals surface area (Å²) in [5.74, 6) is -0.173. The molecule has 1 aliphatic carbocycles. The number of cyclic esters (lactones) is 1. The van der Waals surface area contributed by atoms with Gasteiger partial charge >= 0.3 is 5.97 Å². The van der Waals surface area contributed by atoms with Crippen LogP contribution in [0.3, 0.4) is 0 Å². The molecule has 0 bridgehead atoms. The minimum absolute atomic E-state index is 0.129. The number of carbonyl (C=O) groups excluding carboxylic acids is 1. The maximum absolute atomic E-state index is 12.0. The van der Waals surface area contributed by atoms with Crippen molar-refractivity contribution >= 4 is 23.1 Å². The minimum Gasteiger partial charge on any atom is -0.457 e. The van der Waals surface area contributed by atoms with Gasteiger partial charge in [0.25, 0.3) is 0 Å². The summed E-state index contributed by atoms with van der Waals surface area (Å²) in [5, 5.41) is 9.56. The lowest BCUT2D eigenvalue weighted by Crippen LogP contribution is -2.06. The first-order valence-corrected chi connectivity index (χ1v) is 7.01. The molecule has 21 heavy (non-hydrogen) atoms. The Morgan fingerprint density at radius 3 is 2.67 bits per heavy atom. The third-order valence-corrected chi connectivity index (χ3v) is 3.97. The van der Waals surface area contributed by atoms with Gasteiger partial charge < -0.3 is 4.74 Å². The van der Waals surface area contributed by atoms with Crippen molar-refractivity contribution in [2.75, 3.05) is 6.61 Å². The molecule has 3 nitrogen and oxygen atoms in total. The van der Waals surface area contributed by atoms with Crippen LogP contribution in [0.2, 0.25) is 0 Å². The number of nitrogens with zero attached hydrogens (tertiary/aromatic N) is 1. The van der Waals surface area contributed by atoms with Crippen LogP contribution in [0, 0.1) is 17.2 Å². The molecule has 0 aromatic heterocycles. The Morgan fingerprint density at radius 2 is 2.05 bits per heavy atom. The van der Waals surface area contributed by atoms with Crippen LogP contribution >= 0.6 is 11.6 Å². The summed E-state index contributed by atoms with van der Waals surface area (Å²) in [5.41, 5.74) is 2.95. The zero-order valence-corrected chi connectivity index (χ0v) is 11.9. The van der Waals surface area contributed by atoms with Gasteiger partial charge in [0.15, 0.2) is 0 Å². The van der Waals surface area contributed by atoms with Crippen LogP contribution in [0.4, 0.5) is 0 Å². The lowest BCUT2D eigenvalue weighted by molar-refractivity contribution is -0.134. The highest BCUT2D eigenvalue weighted by Crippen LogP contribution is 2.35. The number of nitriles is 1. The van der Waals surface area contributed by atoms with E-state index in [9.17, 15) is 4.79 Å². The number of rotatable bonds is 2. The Balaban J connectivity index is 1.99. The molecule has 0 spiro atoms. The molecule has 0 fully saturated rings. The molecule has 2 aliphatic rings. The Morgan fingerprint density at radius 1 is 1.29 bits per heavy atom. The molecule has 1 unspecified atom stereocenters. The summed E-state index contributed by atoms with van der Waals surface area (Å²) in [6.45, 7) is 0.314. The molecule has 0 radical (unpaired) electrons. The molecule has 1 aromatic carbocycles. The first kappa shape index (κ1) is 13.7. The van der Waals surface area contributed by atoms with Crippen LogP contribution in [-0.2, 0) is 9.53 Å². The van der Waals surface area contributed by atoms with E-state index in [4.69, 9.17) is 21.6 Å². The summed E-state index contributed by atoms with van der Waals surface area (Å²) in [6, 6.07) is 9.06. The van der Waals surface area contributed by atoms with Crippen molar-refractivity contribution in [2.45, 2.75) is 6.42 Å². The first-order chi connectivity index (χ1) is 10.2. The third-order valence-electron chi connectivity index (χ3n) is 3.69. The minimum atomic E-state index is -0.302. The summed E-state index contributed by atoms with van der Waals surface area (Å²) < 4.78 is 5.20. The molecule has 0 N–H and O–H groups in total. The number of benzene rings is 1. The first-order valence-electron chi connectivity index (χ1n) is 6.63. The lowest BCUT2D eigenvalue weighted by Gasteiger charge is -2.15. The second-order valence-corrected chi connectivity index (χ2v) is 5.39. The summed E-state index contributed by atoms with van der Waals surface area (Å²) >= 11 is 5.93. The van der Waals surface area contributed by atoms with Crippen LogP contribution in [-0.4, -0.2) is 12.6 Å². The molecule has 1 aromatic rings. The number of hydrogen-bond acceptors (Lipinski definition) is 3. The number of esters is 1. The number of halogens is 1. The van der Waals surface area contributed by atoms with Gasteiger partial charge in [-0.25, -0.2) is 4.79 Å². The van der Waals surface area contributed by atoms with Gasteiger partial charge in [0.2, 0.25) is 0 Å². The fourth-order valence-corrected chi connectivity index (χ4v) is 2.74. The number of hydrogen-bond donors (Lipinski definition) is 0. The smallest absolute Gasteiger partial charge is 0.339 e. The number of carbonyl (C=O) groups is 1. The molecule has 104 valence electrons. The predicted octanol–water partition coefficient (Wildman–Crippen LogP) is 3.57. The maximum atomic E-state index is 12.0. The summed E-state index contributed by atoms with van der Waals surface area (Å²) in [7, 11) is 0.